The van der Waals surface area contributed by atoms with Gasteiger partial charge in [-0.05, 0) is 61.5 Å². The highest BCUT2D eigenvalue weighted by Gasteiger charge is 2.31. The number of aromatic nitrogens is 1. The maximum Gasteiger partial charge on any atom is 0.416 e. The predicted molar refractivity (Wildman–Crippen MR) is 112 cm³/mol. The zero-order chi connectivity index (χ0) is 20.6. The van der Waals surface area contributed by atoms with Gasteiger partial charge in [-0.3, -0.25) is 4.79 Å². The van der Waals surface area contributed by atoms with Gasteiger partial charge in [-0.15, -0.1) is 11.3 Å². The van der Waals surface area contributed by atoms with E-state index in [2.05, 4.69) is 10.3 Å². The molecule has 152 valence electrons. The topological polar surface area (TPSA) is 48.1 Å². The number of aromatic amines is 1. The molecule has 0 spiro atoms. The molecule has 1 amide bonds. The van der Waals surface area contributed by atoms with Crippen LogP contribution in [0.25, 0.3) is 10.2 Å². The van der Waals surface area contributed by atoms with Crippen LogP contribution < -0.4 is 10.2 Å². The number of anilines is 2. The number of benzene rings is 2. The van der Waals surface area contributed by atoms with Gasteiger partial charge in [-0.25, -0.2) is 0 Å². The predicted octanol–water partition coefficient (Wildman–Crippen LogP) is 5.83. The van der Waals surface area contributed by atoms with Gasteiger partial charge in [0.15, 0.2) is 3.95 Å². The summed E-state index contributed by atoms with van der Waals surface area (Å²) in [4.78, 5) is 17.6. The Balaban J connectivity index is 1.38. The van der Waals surface area contributed by atoms with Crippen LogP contribution in [-0.4, -0.2) is 24.0 Å². The number of carbonyl (C=O) groups is 1. The van der Waals surface area contributed by atoms with Crippen molar-refractivity contribution in [2.75, 3.05) is 23.3 Å². The van der Waals surface area contributed by atoms with E-state index in [0.29, 0.717) is 41.3 Å². The number of halogens is 3. The molecule has 0 aliphatic carbocycles. The molecule has 0 unspecified atom stereocenters. The van der Waals surface area contributed by atoms with E-state index in [1.54, 1.807) is 6.07 Å². The number of fused-ring (bicyclic) bond motifs is 1. The number of carbonyl (C=O) groups excluding carboxylic acids is 1. The van der Waals surface area contributed by atoms with Gasteiger partial charge in [0.05, 0.1) is 15.8 Å². The molecule has 1 aliphatic heterocycles. The van der Waals surface area contributed by atoms with Gasteiger partial charge < -0.3 is 15.2 Å². The Kier molecular flexibility index (Phi) is 5.35. The normalized spacial score (nSPS) is 15.6. The van der Waals surface area contributed by atoms with Crippen molar-refractivity contribution in [1.82, 2.24) is 4.98 Å². The lowest BCUT2D eigenvalue weighted by atomic mass is 9.95. The molecule has 1 aliphatic rings. The highest BCUT2D eigenvalue weighted by molar-refractivity contribution is 7.73. The summed E-state index contributed by atoms with van der Waals surface area (Å²) in [5, 5.41) is 2.95. The van der Waals surface area contributed by atoms with E-state index < -0.39 is 11.7 Å². The summed E-state index contributed by atoms with van der Waals surface area (Å²) in [6.07, 6.45) is -3.18. The van der Waals surface area contributed by atoms with E-state index in [1.807, 2.05) is 23.1 Å². The minimum atomic E-state index is -4.36. The Morgan fingerprint density at radius 3 is 2.66 bits per heavy atom. The lowest BCUT2D eigenvalue weighted by molar-refractivity contribution is -0.137. The number of hydrogen-bond donors (Lipinski definition) is 2. The summed E-state index contributed by atoms with van der Waals surface area (Å²) in [6.45, 7) is 1.08. The SMILES string of the molecule is O=C(Nc1ccc2[nH]c(=S)sc2c1)C1CCN(c2cccc(C(F)(F)F)c2)CC1. The first-order chi connectivity index (χ1) is 13.8. The molecule has 4 rings (SSSR count). The fraction of sp³-hybridized carbons (Fsp3) is 0.300. The first-order valence-corrected chi connectivity index (χ1v) is 10.4. The van der Waals surface area contributed by atoms with E-state index in [-0.39, 0.29) is 11.8 Å². The van der Waals surface area contributed by atoms with Gasteiger partial charge in [-0.2, -0.15) is 13.2 Å². The van der Waals surface area contributed by atoms with Crippen molar-refractivity contribution in [2.24, 2.45) is 5.92 Å². The summed E-state index contributed by atoms with van der Waals surface area (Å²) < 4.78 is 40.5. The molecule has 2 aromatic carbocycles. The molecule has 0 atom stereocenters. The molecule has 0 bridgehead atoms. The Labute approximate surface area is 174 Å². The summed E-state index contributed by atoms with van der Waals surface area (Å²) in [6, 6.07) is 10.9. The van der Waals surface area contributed by atoms with Crippen molar-refractivity contribution in [1.29, 1.82) is 0 Å². The Morgan fingerprint density at radius 2 is 1.93 bits per heavy atom. The van der Waals surface area contributed by atoms with Gasteiger partial charge in [0, 0.05) is 30.4 Å². The number of thiazole rings is 1. The van der Waals surface area contributed by atoms with E-state index in [1.165, 1.54) is 23.5 Å². The molecular formula is C20H18F3N3OS2. The molecule has 1 fully saturated rings. The highest BCUT2D eigenvalue weighted by Crippen LogP contribution is 2.33. The van der Waals surface area contributed by atoms with E-state index >= 15 is 0 Å². The summed E-state index contributed by atoms with van der Waals surface area (Å²) >= 11 is 6.59. The van der Waals surface area contributed by atoms with Crippen LogP contribution in [0.15, 0.2) is 42.5 Å². The van der Waals surface area contributed by atoms with Crippen molar-refractivity contribution >= 4 is 51.1 Å². The third kappa shape index (κ3) is 4.45. The fourth-order valence-corrected chi connectivity index (χ4v) is 4.70. The van der Waals surface area contributed by atoms with Crippen molar-refractivity contribution in [3.05, 3.63) is 52.0 Å². The number of alkyl halides is 3. The molecule has 1 saturated heterocycles. The van der Waals surface area contributed by atoms with Gasteiger partial charge in [0.25, 0.3) is 0 Å². The second-order valence-electron chi connectivity index (χ2n) is 7.02. The smallest absolute Gasteiger partial charge is 0.371 e. The molecule has 0 saturated carbocycles. The third-order valence-corrected chi connectivity index (χ3v) is 6.29. The van der Waals surface area contributed by atoms with Gasteiger partial charge >= 0.3 is 6.18 Å². The molecular weight excluding hydrogens is 419 g/mol. The lowest BCUT2D eigenvalue weighted by Crippen LogP contribution is -2.38. The molecule has 0 radical (unpaired) electrons. The molecule has 4 nitrogen and oxygen atoms in total. The average Bonchev–Trinajstić information content (AvgIpc) is 3.07. The first kappa shape index (κ1) is 19.9. The van der Waals surface area contributed by atoms with E-state index in [0.717, 1.165) is 16.3 Å². The standard InChI is InChI=1S/C20H18F3N3OS2/c21-20(22,23)13-2-1-3-15(10-13)26-8-6-12(7-9-26)18(27)24-14-4-5-16-17(11-14)29-19(28)25-16/h1-5,10-12H,6-9H2,(H,24,27)(H,25,28). The minimum absolute atomic E-state index is 0.0628. The van der Waals surface area contributed by atoms with Crippen LogP contribution >= 0.6 is 23.6 Å². The number of hydrogen-bond acceptors (Lipinski definition) is 4. The van der Waals surface area contributed by atoms with Gasteiger partial charge in [0.1, 0.15) is 0 Å². The molecule has 3 aromatic rings. The van der Waals surface area contributed by atoms with E-state index in [9.17, 15) is 18.0 Å². The Hall–Kier alpha value is -2.39. The van der Waals surface area contributed by atoms with Gasteiger partial charge in [0.2, 0.25) is 5.91 Å². The lowest BCUT2D eigenvalue weighted by Gasteiger charge is -2.33. The number of H-pyrrole nitrogens is 1. The third-order valence-electron chi connectivity index (χ3n) is 5.09. The molecule has 1 aromatic heterocycles. The Bertz CT molecular complexity index is 1100. The average molecular weight is 438 g/mol. The number of rotatable bonds is 3. The van der Waals surface area contributed by atoms with Crippen LogP contribution in [0.4, 0.5) is 24.5 Å². The number of nitrogens with zero attached hydrogens (tertiary/aromatic N) is 1. The monoisotopic (exact) mass is 437 g/mol. The second-order valence-corrected chi connectivity index (χ2v) is 8.74. The minimum Gasteiger partial charge on any atom is -0.371 e. The highest BCUT2D eigenvalue weighted by atomic mass is 32.1. The second kappa shape index (κ2) is 7.79. The van der Waals surface area contributed by atoms with Crippen molar-refractivity contribution in [3.8, 4) is 0 Å². The zero-order valence-electron chi connectivity index (χ0n) is 15.3. The van der Waals surface area contributed by atoms with Crippen LogP contribution in [-0.2, 0) is 11.0 Å². The van der Waals surface area contributed by atoms with E-state index in [4.69, 9.17) is 12.2 Å². The van der Waals surface area contributed by atoms with Crippen molar-refractivity contribution < 1.29 is 18.0 Å². The summed E-state index contributed by atoms with van der Waals surface area (Å²) in [5.74, 6) is -0.232. The van der Waals surface area contributed by atoms with Crippen LogP contribution in [0.2, 0.25) is 0 Å². The molecule has 9 heteroatoms. The summed E-state index contributed by atoms with van der Waals surface area (Å²) in [5.41, 5.74) is 1.54. The Morgan fingerprint density at radius 1 is 1.17 bits per heavy atom. The molecule has 29 heavy (non-hydrogen) atoms. The number of amides is 1. The maximum absolute atomic E-state index is 12.9. The van der Waals surface area contributed by atoms with Crippen LogP contribution in [0.5, 0.6) is 0 Å². The number of piperidine rings is 1. The zero-order valence-corrected chi connectivity index (χ0v) is 16.9. The van der Waals surface area contributed by atoms with Crippen molar-refractivity contribution in [3.63, 3.8) is 0 Å². The molecule has 2 heterocycles. The van der Waals surface area contributed by atoms with Gasteiger partial charge in [-0.1, -0.05) is 6.07 Å². The van der Waals surface area contributed by atoms with Crippen molar-refractivity contribution in [2.45, 2.75) is 19.0 Å². The summed E-state index contributed by atoms with van der Waals surface area (Å²) in [7, 11) is 0. The quantitative estimate of drug-likeness (QED) is 0.507. The van der Waals surface area contributed by atoms with Crippen LogP contribution in [0.1, 0.15) is 18.4 Å². The van der Waals surface area contributed by atoms with Crippen LogP contribution in [0.3, 0.4) is 0 Å². The maximum atomic E-state index is 12.9. The first-order valence-electron chi connectivity index (χ1n) is 9.15. The fourth-order valence-electron chi connectivity index (χ4n) is 3.55. The largest absolute Gasteiger partial charge is 0.416 e. The van der Waals surface area contributed by atoms with Crippen LogP contribution in [0, 0.1) is 9.87 Å². The number of nitrogens with one attached hydrogen (secondary N) is 2. The molecule has 2 N–H and O–H groups in total.